The molecule has 2 fully saturated rings. The lowest BCUT2D eigenvalue weighted by atomic mass is 9.99. The van der Waals surface area contributed by atoms with Crippen molar-refractivity contribution in [2.45, 2.75) is 76.5 Å². The molecule has 0 aromatic rings. The highest BCUT2D eigenvalue weighted by molar-refractivity contribution is 4.89. The van der Waals surface area contributed by atoms with Crippen molar-refractivity contribution in [3.63, 3.8) is 0 Å². The van der Waals surface area contributed by atoms with E-state index in [1.165, 1.54) is 38.6 Å². The van der Waals surface area contributed by atoms with Gasteiger partial charge in [0.25, 0.3) is 0 Å². The highest BCUT2D eigenvalue weighted by Gasteiger charge is 2.34. The largest absolute Gasteiger partial charge is 0.389 e. The van der Waals surface area contributed by atoms with E-state index in [0.29, 0.717) is 12.1 Å². The molecule has 0 bridgehead atoms. The summed E-state index contributed by atoms with van der Waals surface area (Å²) in [4.78, 5) is 2.48. The predicted octanol–water partition coefficient (Wildman–Crippen LogP) is 2.14. The summed E-state index contributed by atoms with van der Waals surface area (Å²) >= 11 is 0. The fourth-order valence-corrected chi connectivity index (χ4v) is 3.39. The van der Waals surface area contributed by atoms with Crippen molar-refractivity contribution in [1.82, 2.24) is 10.2 Å². The lowest BCUT2D eigenvalue weighted by Gasteiger charge is -2.37. The molecule has 1 unspecified atom stereocenters. The molecule has 1 aliphatic heterocycles. The SMILES string of the molecule is CC(C)N(CC1CCCCN1)CC1(O)CCCC1. The van der Waals surface area contributed by atoms with E-state index >= 15 is 0 Å². The second-order valence-corrected chi connectivity index (χ2v) is 6.60. The Morgan fingerprint density at radius 2 is 1.94 bits per heavy atom. The number of aliphatic hydroxyl groups is 1. The number of nitrogens with one attached hydrogen (secondary N) is 1. The van der Waals surface area contributed by atoms with E-state index in [0.717, 1.165) is 25.9 Å². The molecule has 0 aromatic heterocycles. The minimum Gasteiger partial charge on any atom is -0.389 e. The van der Waals surface area contributed by atoms with Gasteiger partial charge in [-0.15, -0.1) is 0 Å². The Morgan fingerprint density at radius 1 is 1.22 bits per heavy atom. The van der Waals surface area contributed by atoms with Gasteiger partial charge >= 0.3 is 0 Å². The van der Waals surface area contributed by atoms with Crippen LogP contribution in [0.2, 0.25) is 0 Å². The molecule has 0 radical (unpaired) electrons. The summed E-state index contributed by atoms with van der Waals surface area (Å²) in [6.45, 7) is 7.63. The first-order valence-electron chi connectivity index (χ1n) is 7.79. The van der Waals surface area contributed by atoms with Gasteiger partial charge < -0.3 is 10.4 Å². The minimum atomic E-state index is -0.404. The topological polar surface area (TPSA) is 35.5 Å². The van der Waals surface area contributed by atoms with Crippen molar-refractivity contribution in [1.29, 1.82) is 0 Å². The van der Waals surface area contributed by atoms with Crippen LogP contribution in [0.25, 0.3) is 0 Å². The molecule has 106 valence electrons. The third-order valence-corrected chi connectivity index (χ3v) is 4.63. The zero-order chi connectivity index (χ0) is 13.0. The predicted molar refractivity (Wildman–Crippen MR) is 75.8 cm³/mol. The molecule has 1 saturated heterocycles. The van der Waals surface area contributed by atoms with E-state index in [-0.39, 0.29) is 0 Å². The van der Waals surface area contributed by atoms with Gasteiger partial charge in [-0.1, -0.05) is 19.3 Å². The molecular weight excluding hydrogens is 224 g/mol. The molecule has 1 heterocycles. The second-order valence-electron chi connectivity index (χ2n) is 6.60. The van der Waals surface area contributed by atoms with Gasteiger partial charge in [-0.2, -0.15) is 0 Å². The lowest BCUT2D eigenvalue weighted by Crippen LogP contribution is -2.50. The van der Waals surface area contributed by atoms with Crippen LogP contribution in [0.15, 0.2) is 0 Å². The van der Waals surface area contributed by atoms with Crippen LogP contribution in [-0.4, -0.2) is 47.3 Å². The van der Waals surface area contributed by atoms with Gasteiger partial charge in [0.2, 0.25) is 0 Å². The molecule has 0 aromatic carbocycles. The molecule has 0 spiro atoms. The average molecular weight is 254 g/mol. The van der Waals surface area contributed by atoms with E-state index in [1.807, 2.05) is 0 Å². The lowest BCUT2D eigenvalue weighted by molar-refractivity contribution is -0.00300. The third-order valence-electron chi connectivity index (χ3n) is 4.63. The van der Waals surface area contributed by atoms with Gasteiger partial charge in [0.1, 0.15) is 0 Å². The summed E-state index contributed by atoms with van der Waals surface area (Å²) < 4.78 is 0. The van der Waals surface area contributed by atoms with Crippen LogP contribution < -0.4 is 5.32 Å². The monoisotopic (exact) mass is 254 g/mol. The number of hydrogen-bond donors (Lipinski definition) is 2. The molecule has 18 heavy (non-hydrogen) atoms. The summed E-state index contributed by atoms with van der Waals surface area (Å²) in [6.07, 6.45) is 8.36. The van der Waals surface area contributed by atoms with Gasteiger partial charge in [0.15, 0.2) is 0 Å². The van der Waals surface area contributed by atoms with E-state index in [9.17, 15) is 5.11 Å². The Bertz CT molecular complexity index is 243. The van der Waals surface area contributed by atoms with Crippen molar-refractivity contribution < 1.29 is 5.11 Å². The Hall–Kier alpha value is -0.120. The Kier molecular flexibility index (Phi) is 5.05. The quantitative estimate of drug-likeness (QED) is 0.789. The number of piperidine rings is 1. The van der Waals surface area contributed by atoms with Crippen LogP contribution in [0.4, 0.5) is 0 Å². The van der Waals surface area contributed by atoms with Crippen LogP contribution in [0.5, 0.6) is 0 Å². The molecule has 1 saturated carbocycles. The second kappa shape index (κ2) is 6.36. The summed E-state index contributed by atoms with van der Waals surface area (Å²) in [5.74, 6) is 0. The average Bonchev–Trinajstić information content (AvgIpc) is 2.76. The Balaban J connectivity index is 1.86. The van der Waals surface area contributed by atoms with Crippen molar-refractivity contribution >= 4 is 0 Å². The van der Waals surface area contributed by atoms with Crippen molar-refractivity contribution in [3.05, 3.63) is 0 Å². The third kappa shape index (κ3) is 3.94. The Morgan fingerprint density at radius 3 is 2.50 bits per heavy atom. The highest BCUT2D eigenvalue weighted by Crippen LogP contribution is 2.30. The molecule has 1 atom stereocenters. The maximum atomic E-state index is 10.6. The van der Waals surface area contributed by atoms with Crippen LogP contribution in [0.3, 0.4) is 0 Å². The number of nitrogens with zero attached hydrogens (tertiary/aromatic N) is 1. The van der Waals surface area contributed by atoms with Crippen LogP contribution >= 0.6 is 0 Å². The maximum Gasteiger partial charge on any atom is 0.0774 e. The molecule has 2 N–H and O–H groups in total. The number of rotatable bonds is 5. The van der Waals surface area contributed by atoms with E-state index in [1.54, 1.807) is 0 Å². The zero-order valence-electron chi connectivity index (χ0n) is 12.1. The van der Waals surface area contributed by atoms with Crippen LogP contribution in [0.1, 0.15) is 58.8 Å². The van der Waals surface area contributed by atoms with Gasteiger partial charge in [0, 0.05) is 25.2 Å². The summed E-state index contributed by atoms with van der Waals surface area (Å²) in [6, 6.07) is 1.16. The summed E-state index contributed by atoms with van der Waals surface area (Å²) in [5.41, 5.74) is -0.404. The van der Waals surface area contributed by atoms with E-state index < -0.39 is 5.60 Å². The smallest absolute Gasteiger partial charge is 0.0774 e. The normalized spacial score (nSPS) is 28.2. The molecule has 0 amide bonds. The minimum absolute atomic E-state index is 0.404. The summed E-state index contributed by atoms with van der Waals surface area (Å²) in [5, 5.41) is 14.2. The maximum absolute atomic E-state index is 10.6. The van der Waals surface area contributed by atoms with E-state index in [2.05, 4.69) is 24.1 Å². The molecule has 2 aliphatic rings. The number of hydrogen-bond acceptors (Lipinski definition) is 3. The zero-order valence-corrected chi connectivity index (χ0v) is 12.1. The first-order valence-corrected chi connectivity index (χ1v) is 7.79. The Labute approximate surface area is 112 Å². The van der Waals surface area contributed by atoms with Gasteiger partial charge in [-0.05, 0) is 46.1 Å². The van der Waals surface area contributed by atoms with E-state index in [4.69, 9.17) is 0 Å². The summed E-state index contributed by atoms with van der Waals surface area (Å²) in [7, 11) is 0. The van der Waals surface area contributed by atoms with Gasteiger partial charge in [-0.25, -0.2) is 0 Å². The standard InChI is InChI=1S/C15H30N2O/c1-13(2)17(11-14-7-3-6-10-16-14)12-15(18)8-4-5-9-15/h13-14,16,18H,3-12H2,1-2H3. The van der Waals surface area contributed by atoms with Crippen molar-refractivity contribution in [3.8, 4) is 0 Å². The highest BCUT2D eigenvalue weighted by atomic mass is 16.3. The molecular formula is C15H30N2O. The van der Waals surface area contributed by atoms with Crippen molar-refractivity contribution in [2.75, 3.05) is 19.6 Å². The van der Waals surface area contributed by atoms with Gasteiger partial charge in [0.05, 0.1) is 5.60 Å². The first-order chi connectivity index (χ1) is 8.59. The first kappa shape index (κ1) is 14.3. The molecule has 1 aliphatic carbocycles. The fraction of sp³-hybridized carbons (Fsp3) is 1.00. The van der Waals surface area contributed by atoms with Crippen LogP contribution in [0, 0.1) is 0 Å². The molecule has 3 nitrogen and oxygen atoms in total. The van der Waals surface area contributed by atoms with Crippen molar-refractivity contribution in [2.24, 2.45) is 0 Å². The molecule has 3 heteroatoms. The van der Waals surface area contributed by atoms with Gasteiger partial charge in [-0.3, -0.25) is 4.90 Å². The molecule has 2 rings (SSSR count). The van der Waals surface area contributed by atoms with Crippen LogP contribution in [-0.2, 0) is 0 Å². The fourth-order valence-electron chi connectivity index (χ4n) is 3.39.